The normalized spacial score (nSPS) is 17.2. The Labute approximate surface area is 187 Å². The van der Waals surface area contributed by atoms with E-state index in [0.29, 0.717) is 27.7 Å². The Morgan fingerprint density at radius 3 is 2.42 bits per heavy atom. The molecule has 2 aliphatic heterocycles. The molecule has 2 saturated heterocycles. The van der Waals surface area contributed by atoms with Crippen molar-refractivity contribution in [2.45, 2.75) is 25.7 Å². The average Bonchev–Trinajstić information content (AvgIpc) is 3.09. The van der Waals surface area contributed by atoms with E-state index in [1.807, 2.05) is 4.90 Å². The highest BCUT2D eigenvalue weighted by Gasteiger charge is 2.22. The van der Waals surface area contributed by atoms with Crippen molar-refractivity contribution in [2.24, 2.45) is 0 Å². The standard InChI is InChI=1S/C23H28ClN5O2/c24-19-7-5-6-17(14-19)22(30)27-20-15-18(23(31)29-10-3-1-2-4-11-29)16-26-21(20)28-12-8-25-9-13-28/h5-7,14-16,25H,1-4,8-13H2,(H,27,30). The molecule has 2 aliphatic rings. The lowest BCUT2D eigenvalue weighted by Crippen LogP contribution is -2.44. The van der Waals surface area contributed by atoms with Gasteiger partial charge in [-0.2, -0.15) is 0 Å². The van der Waals surface area contributed by atoms with Gasteiger partial charge >= 0.3 is 0 Å². The summed E-state index contributed by atoms with van der Waals surface area (Å²) >= 11 is 6.05. The van der Waals surface area contributed by atoms with Crippen molar-refractivity contribution in [1.29, 1.82) is 0 Å². The number of amides is 2. The van der Waals surface area contributed by atoms with Crippen LogP contribution >= 0.6 is 11.6 Å². The first-order valence-electron chi connectivity index (χ1n) is 10.9. The Balaban J connectivity index is 1.62. The number of carbonyl (C=O) groups is 2. The number of halogens is 1. The van der Waals surface area contributed by atoms with E-state index >= 15 is 0 Å². The maximum atomic E-state index is 13.1. The van der Waals surface area contributed by atoms with Crippen LogP contribution in [0.25, 0.3) is 0 Å². The summed E-state index contributed by atoms with van der Waals surface area (Å²) in [6, 6.07) is 8.57. The van der Waals surface area contributed by atoms with Gasteiger partial charge in [0.2, 0.25) is 0 Å². The number of hydrogen-bond acceptors (Lipinski definition) is 5. The SMILES string of the molecule is O=C(Nc1cc(C(=O)N2CCCCCC2)cnc1N1CCNCC1)c1cccc(Cl)c1. The third-order valence-electron chi connectivity index (χ3n) is 5.76. The van der Waals surface area contributed by atoms with Crippen LogP contribution in [0, 0.1) is 0 Å². The zero-order valence-corrected chi connectivity index (χ0v) is 18.3. The van der Waals surface area contributed by atoms with Gasteiger partial charge in [-0.25, -0.2) is 4.98 Å². The number of aromatic nitrogens is 1. The maximum Gasteiger partial charge on any atom is 0.255 e. The van der Waals surface area contributed by atoms with Crippen molar-refractivity contribution in [3.63, 3.8) is 0 Å². The number of hydrogen-bond donors (Lipinski definition) is 2. The third kappa shape index (κ3) is 5.35. The van der Waals surface area contributed by atoms with Gasteiger partial charge in [0.1, 0.15) is 0 Å². The van der Waals surface area contributed by atoms with E-state index in [1.165, 1.54) is 0 Å². The lowest BCUT2D eigenvalue weighted by Gasteiger charge is -2.30. The fourth-order valence-electron chi connectivity index (χ4n) is 4.08. The number of nitrogens with one attached hydrogen (secondary N) is 2. The van der Waals surface area contributed by atoms with Gasteiger partial charge in [0.05, 0.1) is 11.3 Å². The largest absolute Gasteiger partial charge is 0.352 e. The summed E-state index contributed by atoms with van der Waals surface area (Å²) in [4.78, 5) is 34.7. The fraction of sp³-hybridized carbons (Fsp3) is 0.435. The van der Waals surface area contributed by atoms with Gasteiger partial charge in [0.15, 0.2) is 5.82 Å². The number of nitrogens with zero attached hydrogens (tertiary/aromatic N) is 3. The number of likely N-dealkylation sites (tertiary alicyclic amines) is 1. The van der Waals surface area contributed by atoms with Crippen LogP contribution in [0.3, 0.4) is 0 Å². The predicted octanol–water partition coefficient (Wildman–Crippen LogP) is 3.41. The summed E-state index contributed by atoms with van der Waals surface area (Å²) in [6.07, 6.45) is 6.00. The Kier molecular flexibility index (Phi) is 7.04. The Bertz CT molecular complexity index is 937. The molecule has 0 spiro atoms. The number of piperazine rings is 1. The van der Waals surface area contributed by atoms with Gasteiger partial charge in [-0.15, -0.1) is 0 Å². The van der Waals surface area contributed by atoms with Crippen LogP contribution < -0.4 is 15.5 Å². The zero-order valence-electron chi connectivity index (χ0n) is 17.6. The predicted molar refractivity (Wildman–Crippen MR) is 123 cm³/mol. The lowest BCUT2D eigenvalue weighted by atomic mass is 10.1. The van der Waals surface area contributed by atoms with Crippen molar-refractivity contribution in [3.8, 4) is 0 Å². The highest BCUT2D eigenvalue weighted by atomic mass is 35.5. The molecule has 2 amide bonds. The molecule has 0 radical (unpaired) electrons. The molecule has 4 rings (SSSR count). The molecule has 0 atom stereocenters. The maximum absolute atomic E-state index is 13.1. The Hall–Kier alpha value is -2.64. The van der Waals surface area contributed by atoms with Crippen LogP contribution in [0.4, 0.5) is 11.5 Å². The molecule has 2 aromatic rings. The van der Waals surface area contributed by atoms with E-state index in [4.69, 9.17) is 11.6 Å². The number of pyridine rings is 1. The Morgan fingerprint density at radius 1 is 0.968 bits per heavy atom. The molecular weight excluding hydrogens is 414 g/mol. The molecule has 1 aromatic carbocycles. The first kappa shape index (κ1) is 21.6. The van der Waals surface area contributed by atoms with E-state index in [-0.39, 0.29) is 11.8 Å². The van der Waals surface area contributed by atoms with E-state index in [2.05, 4.69) is 20.5 Å². The molecule has 164 valence electrons. The van der Waals surface area contributed by atoms with E-state index < -0.39 is 0 Å². The molecule has 8 heteroatoms. The van der Waals surface area contributed by atoms with Crippen LogP contribution in [0.15, 0.2) is 36.5 Å². The van der Waals surface area contributed by atoms with Gasteiger partial charge in [-0.1, -0.05) is 30.5 Å². The first-order valence-corrected chi connectivity index (χ1v) is 11.3. The molecule has 3 heterocycles. The van der Waals surface area contributed by atoms with Crippen LogP contribution in [0.1, 0.15) is 46.4 Å². The lowest BCUT2D eigenvalue weighted by molar-refractivity contribution is 0.0761. The second-order valence-electron chi connectivity index (χ2n) is 8.00. The molecule has 2 N–H and O–H groups in total. The van der Waals surface area contributed by atoms with Gasteiger partial charge in [-0.05, 0) is 37.1 Å². The van der Waals surface area contributed by atoms with Crippen LogP contribution in [-0.4, -0.2) is 61.0 Å². The van der Waals surface area contributed by atoms with Gasteiger partial charge in [0, 0.05) is 56.1 Å². The van der Waals surface area contributed by atoms with E-state index in [9.17, 15) is 9.59 Å². The summed E-state index contributed by atoms with van der Waals surface area (Å²) in [5.74, 6) is 0.379. The smallest absolute Gasteiger partial charge is 0.255 e. The van der Waals surface area contributed by atoms with Crippen LogP contribution in [-0.2, 0) is 0 Å². The quantitative estimate of drug-likeness (QED) is 0.760. The molecule has 31 heavy (non-hydrogen) atoms. The molecule has 0 saturated carbocycles. The highest BCUT2D eigenvalue weighted by Crippen LogP contribution is 2.27. The van der Waals surface area contributed by atoms with Crippen molar-refractivity contribution >= 4 is 34.9 Å². The Morgan fingerprint density at radius 2 is 1.71 bits per heavy atom. The first-order chi connectivity index (χ1) is 15.1. The molecule has 0 bridgehead atoms. The van der Waals surface area contributed by atoms with Gasteiger partial charge in [0.25, 0.3) is 11.8 Å². The molecular formula is C23H28ClN5O2. The number of anilines is 2. The van der Waals surface area contributed by atoms with Gasteiger partial charge in [-0.3, -0.25) is 9.59 Å². The second-order valence-corrected chi connectivity index (χ2v) is 8.44. The van der Waals surface area contributed by atoms with E-state index in [0.717, 1.165) is 65.0 Å². The second kappa shape index (κ2) is 10.1. The summed E-state index contributed by atoms with van der Waals surface area (Å²) in [5.41, 5.74) is 1.51. The minimum Gasteiger partial charge on any atom is -0.352 e. The molecule has 0 unspecified atom stereocenters. The topological polar surface area (TPSA) is 77.6 Å². The minimum absolute atomic E-state index is 0.0282. The fourth-order valence-corrected chi connectivity index (χ4v) is 4.27. The minimum atomic E-state index is -0.278. The number of rotatable bonds is 4. The van der Waals surface area contributed by atoms with Crippen molar-refractivity contribution < 1.29 is 9.59 Å². The summed E-state index contributed by atoms with van der Waals surface area (Å²) < 4.78 is 0. The van der Waals surface area contributed by atoms with Crippen molar-refractivity contribution in [3.05, 3.63) is 52.7 Å². The van der Waals surface area contributed by atoms with Crippen molar-refractivity contribution in [1.82, 2.24) is 15.2 Å². The van der Waals surface area contributed by atoms with E-state index in [1.54, 1.807) is 36.5 Å². The highest BCUT2D eigenvalue weighted by molar-refractivity contribution is 6.31. The summed E-state index contributed by atoms with van der Waals surface area (Å²) in [7, 11) is 0. The zero-order chi connectivity index (χ0) is 21.6. The number of benzene rings is 1. The summed E-state index contributed by atoms with van der Waals surface area (Å²) in [6.45, 7) is 4.79. The van der Waals surface area contributed by atoms with Gasteiger partial charge < -0.3 is 20.4 Å². The monoisotopic (exact) mass is 441 g/mol. The van der Waals surface area contributed by atoms with Crippen molar-refractivity contribution in [2.75, 3.05) is 49.5 Å². The number of carbonyl (C=O) groups excluding carboxylic acids is 2. The average molecular weight is 442 g/mol. The summed E-state index contributed by atoms with van der Waals surface area (Å²) in [5, 5.41) is 6.79. The molecule has 2 fully saturated rings. The molecule has 0 aliphatic carbocycles. The third-order valence-corrected chi connectivity index (χ3v) is 5.99. The van der Waals surface area contributed by atoms with Crippen LogP contribution in [0.2, 0.25) is 5.02 Å². The molecule has 1 aromatic heterocycles. The molecule has 7 nitrogen and oxygen atoms in total. The van der Waals surface area contributed by atoms with Crippen LogP contribution in [0.5, 0.6) is 0 Å².